The van der Waals surface area contributed by atoms with Gasteiger partial charge in [0, 0.05) is 0 Å². The summed E-state index contributed by atoms with van der Waals surface area (Å²) in [6, 6.07) is 10.6. The van der Waals surface area contributed by atoms with Crippen molar-refractivity contribution < 1.29 is 0 Å². The smallest absolute Gasteiger partial charge is 0.247 e. The highest BCUT2D eigenvalue weighted by Crippen LogP contribution is 2.13. The molecule has 2 rings (SSSR count). The molecule has 0 bridgehead atoms. The Labute approximate surface area is 87.4 Å². The third-order valence-corrected chi connectivity index (χ3v) is 2.82. The zero-order chi connectivity index (χ0) is 9.80. The van der Waals surface area contributed by atoms with Gasteiger partial charge in [0.1, 0.15) is 0 Å². The van der Waals surface area contributed by atoms with Gasteiger partial charge in [-0.2, -0.15) is 0 Å². The van der Waals surface area contributed by atoms with E-state index in [-0.39, 0.29) is 0 Å². The molecule has 1 heterocycles. The van der Waals surface area contributed by atoms with E-state index < -0.39 is 0 Å². The summed E-state index contributed by atoms with van der Waals surface area (Å²) in [7, 11) is 2.29. The molecule has 1 aliphatic rings. The molecule has 1 unspecified atom stereocenters. The van der Waals surface area contributed by atoms with E-state index >= 15 is 0 Å². The molecule has 0 N–H and O–H groups in total. The van der Waals surface area contributed by atoms with Crippen molar-refractivity contribution in [3.63, 3.8) is 0 Å². The summed E-state index contributed by atoms with van der Waals surface area (Å²) in [5, 5.41) is 0. The number of benzene rings is 1. The zero-order valence-electron chi connectivity index (χ0n) is 8.82. The Kier molecular flexibility index (Phi) is 3.25. The second-order valence-corrected chi connectivity index (χ2v) is 4.28. The van der Waals surface area contributed by atoms with Crippen LogP contribution in [0.15, 0.2) is 30.3 Å². The van der Waals surface area contributed by atoms with Crippen molar-refractivity contribution in [1.29, 1.82) is 0 Å². The second kappa shape index (κ2) is 4.65. The summed E-state index contributed by atoms with van der Waals surface area (Å²) < 4.78 is 0. The Bertz CT molecular complexity index is 273. The third-order valence-electron chi connectivity index (χ3n) is 2.82. The van der Waals surface area contributed by atoms with Gasteiger partial charge in [0.2, 0.25) is 7.41 Å². The summed E-state index contributed by atoms with van der Waals surface area (Å²) in [6.45, 7) is 4.78. The van der Waals surface area contributed by atoms with Crippen LogP contribution in [0.1, 0.15) is 19.8 Å². The Morgan fingerprint density at radius 1 is 1.29 bits per heavy atom. The minimum Gasteiger partial charge on any atom is -0.342 e. The minimum absolute atomic E-state index is 0.851. The normalized spacial score (nSPS) is 23.4. The SMILES string of the molecule is CC1CCCN([B]c2ccccc2)C1. The zero-order valence-corrected chi connectivity index (χ0v) is 8.82. The van der Waals surface area contributed by atoms with Crippen LogP contribution in [0.4, 0.5) is 0 Å². The Balaban J connectivity index is 1.91. The maximum atomic E-state index is 2.45. The van der Waals surface area contributed by atoms with Crippen LogP contribution in [0.2, 0.25) is 0 Å². The number of piperidine rings is 1. The van der Waals surface area contributed by atoms with Crippen LogP contribution in [0.5, 0.6) is 0 Å². The van der Waals surface area contributed by atoms with E-state index in [0.717, 1.165) is 5.92 Å². The summed E-state index contributed by atoms with van der Waals surface area (Å²) in [6.07, 6.45) is 2.73. The highest BCUT2D eigenvalue weighted by atomic mass is 15.0. The Hall–Kier alpha value is -0.755. The minimum atomic E-state index is 0.851. The molecule has 1 aromatic carbocycles. The maximum Gasteiger partial charge on any atom is 0.247 e. The fourth-order valence-corrected chi connectivity index (χ4v) is 2.09. The van der Waals surface area contributed by atoms with Crippen molar-refractivity contribution >= 4 is 12.9 Å². The molecule has 1 radical (unpaired) electrons. The van der Waals surface area contributed by atoms with Crippen molar-refractivity contribution in [2.45, 2.75) is 19.8 Å². The first-order valence-electron chi connectivity index (χ1n) is 5.48. The van der Waals surface area contributed by atoms with Gasteiger partial charge in [0.25, 0.3) is 0 Å². The van der Waals surface area contributed by atoms with Crippen LogP contribution >= 0.6 is 0 Å². The topological polar surface area (TPSA) is 3.24 Å². The van der Waals surface area contributed by atoms with Gasteiger partial charge in [-0.1, -0.05) is 42.7 Å². The van der Waals surface area contributed by atoms with Crippen LogP contribution in [-0.2, 0) is 0 Å². The van der Waals surface area contributed by atoms with Gasteiger partial charge < -0.3 is 4.81 Å². The van der Waals surface area contributed by atoms with Crippen molar-refractivity contribution in [3.05, 3.63) is 30.3 Å². The molecule has 1 nitrogen and oxygen atoms in total. The lowest BCUT2D eigenvalue weighted by Crippen LogP contribution is -2.42. The van der Waals surface area contributed by atoms with Gasteiger partial charge >= 0.3 is 0 Å². The van der Waals surface area contributed by atoms with Gasteiger partial charge in [-0.15, -0.1) is 0 Å². The summed E-state index contributed by atoms with van der Waals surface area (Å²) in [4.78, 5) is 2.45. The van der Waals surface area contributed by atoms with Crippen LogP contribution in [0, 0.1) is 5.92 Å². The van der Waals surface area contributed by atoms with E-state index in [9.17, 15) is 0 Å². The van der Waals surface area contributed by atoms with E-state index in [4.69, 9.17) is 0 Å². The van der Waals surface area contributed by atoms with Crippen molar-refractivity contribution in [2.24, 2.45) is 5.92 Å². The monoisotopic (exact) mass is 186 g/mol. The first-order valence-corrected chi connectivity index (χ1v) is 5.48. The predicted molar refractivity (Wildman–Crippen MR) is 61.8 cm³/mol. The van der Waals surface area contributed by atoms with E-state index in [1.165, 1.54) is 31.4 Å². The number of nitrogens with zero attached hydrogens (tertiary/aromatic N) is 1. The Morgan fingerprint density at radius 3 is 2.79 bits per heavy atom. The molecular formula is C12H17BN. The molecule has 2 heteroatoms. The molecule has 1 atom stereocenters. The lowest BCUT2D eigenvalue weighted by atomic mass is 9.78. The third kappa shape index (κ3) is 2.61. The molecule has 1 aliphatic heterocycles. The van der Waals surface area contributed by atoms with Crippen LogP contribution in [0.25, 0.3) is 0 Å². The van der Waals surface area contributed by atoms with E-state index in [2.05, 4.69) is 49.5 Å². The molecule has 0 spiro atoms. The van der Waals surface area contributed by atoms with Gasteiger partial charge in [0.05, 0.1) is 0 Å². The summed E-state index contributed by atoms with van der Waals surface area (Å²) in [5.41, 5.74) is 1.32. The molecule has 14 heavy (non-hydrogen) atoms. The van der Waals surface area contributed by atoms with Crippen LogP contribution in [0.3, 0.4) is 0 Å². The van der Waals surface area contributed by atoms with E-state index in [1.54, 1.807) is 0 Å². The fraction of sp³-hybridized carbons (Fsp3) is 0.500. The first-order chi connectivity index (χ1) is 6.84. The molecule has 0 saturated carbocycles. The van der Waals surface area contributed by atoms with Gasteiger partial charge in [-0.3, -0.25) is 0 Å². The molecule has 0 aromatic heterocycles. The Morgan fingerprint density at radius 2 is 2.07 bits per heavy atom. The van der Waals surface area contributed by atoms with E-state index in [0.29, 0.717) is 0 Å². The molecule has 0 aliphatic carbocycles. The fourth-order valence-electron chi connectivity index (χ4n) is 2.09. The van der Waals surface area contributed by atoms with Crippen molar-refractivity contribution in [1.82, 2.24) is 4.81 Å². The highest BCUT2D eigenvalue weighted by molar-refractivity contribution is 6.50. The molecule has 1 aromatic rings. The number of hydrogen-bond donors (Lipinski definition) is 0. The molecule has 1 saturated heterocycles. The highest BCUT2D eigenvalue weighted by Gasteiger charge is 2.16. The predicted octanol–water partition coefficient (Wildman–Crippen LogP) is 1.66. The number of rotatable bonds is 2. The van der Waals surface area contributed by atoms with Crippen LogP contribution < -0.4 is 5.46 Å². The maximum absolute atomic E-state index is 2.45. The summed E-state index contributed by atoms with van der Waals surface area (Å²) in [5.74, 6) is 0.851. The lowest BCUT2D eigenvalue weighted by molar-refractivity contribution is 0.289. The largest absolute Gasteiger partial charge is 0.342 e. The average molecular weight is 186 g/mol. The lowest BCUT2D eigenvalue weighted by Gasteiger charge is -2.30. The first kappa shape index (κ1) is 9.79. The molecular weight excluding hydrogens is 169 g/mol. The molecule has 0 amide bonds. The van der Waals surface area contributed by atoms with Crippen molar-refractivity contribution in [2.75, 3.05) is 13.1 Å². The number of hydrogen-bond acceptors (Lipinski definition) is 1. The van der Waals surface area contributed by atoms with Gasteiger partial charge in [-0.25, -0.2) is 0 Å². The van der Waals surface area contributed by atoms with Gasteiger partial charge in [-0.05, 0) is 31.8 Å². The second-order valence-electron chi connectivity index (χ2n) is 4.28. The molecule has 1 fully saturated rings. The van der Waals surface area contributed by atoms with Crippen LogP contribution in [-0.4, -0.2) is 25.3 Å². The van der Waals surface area contributed by atoms with Gasteiger partial charge in [0.15, 0.2) is 0 Å². The summed E-state index contributed by atoms with van der Waals surface area (Å²) >= 11 is 0. The van der Waals surface area contributed by atoms with E-state index in [1.807, 2.05) is 0 Å². The van der Waals surface area contributed by atoms with Crippen molar-refractivity contribution in [3.8, 4) is 0 Å². The molecule has 73 valence electrons. The standard InChI is InChI=1S/C12H17BN/c1-11-6-5-9-14(10-11)13-12-7-3-2-4-8-12/h2-4,7-8,11H,5-6,9-10H2,1H3. The quantitative estimate of drug-likeness (QED) is 0.635. The average Bonchev–Trinajstić information content (AvgIpc) is 2.19.